The number of hydrogen-bond acceptors (Lipinski definition) is 4. The summed E-state index contributed by atoms with van der Waals surface area (Å²) >= 11 is 0. The highest BCUT2D eigenvalue weighted by molar-refractivity contribution is 5.92. The topological polar surface area (TPSA) is 64.7 Å². The van der Waals surface area contributed by atoms with E-state index in [4.69, 9.17) is 0 Å². The highest BCUT2D eigenvalue weighted by Crippen LogP contribution is 2.59. The number of carbonyl (C=O) groups excluding carboxylic acids is 2. The summed E-state index contributed by atoms with van der Waals surface area (Å²) in [6.07, 6.45) is 3.29. The predicted octanol–water partition coefficient (Wildman–Crippen LogP) is 1.30. The molecule has 1 atom stereocenters. The SMILES string of the molecule is O=C(CN1CCN(C(=O)C2CC23CCNCC3)CC1)Nc1ccc(F)cc1. The van der Waals surface area contributed by atoms with Gasteiger partial charge in [0.05, 0.1) is 6.54 Å². The Morgan fingerprint density at radius 2 is 1.78 bits per heavy atom. The summed E-state index contributed by atoms with van der Waals surface area (Å²) in [7, 11) is 0. The van der Waals surface area contributed by atoms with E-state index < -0.39 is 0 Å². The van der Waals surface area contributed by atoms with E-state index in [0.29, 0.717) is 44.3 Å². The highest BCUT2D eigenvalue weighted by Gasteiger charge is 2.58. The lowest BCUT2D eigenvalue weighted by molar-refractivity contribution is -0.135. The summed E-state index contributed by atoms with van der Waals surface area (Å²) in [6.45, 7) is 5.15. The predicted molar refractivity (Wildman–Crippen MR) is 101 cm³/mol. The van der Waals surface area contributed by atoms with Crippen molar-refractivity contribution in [3.63, 3.8) is 0 Å². The molecule has 7 heteroatoms. The minimum atomic E-state index is -0.323. The molecule has 2 amide bonds. The molecule has 1 saturated carbocycles. The molecule has 6 nitrogen and oxygen atoms in total. The van der Waals surface area contributed by atoms with Crippen LogP contribution < -0.4 is 10.6 Å². The Bertz CT molecular complexity index is 694. The lowest BCUT2D eigenvalue weighted by Crippen LogP contribution is -2.51. The standard InChI is InChI=1S/C20H27FN4O2/c21-15-1-3-16(4-2-15)23-18(26)14-24-9-11-25(12-10-24)19(27)17-13-20(17)5-7-22-8-6-20/h1-4,17,22H,5-14H2,(H,23,26). The molecule has 1 aromatic rings. The Balaban J connectivity index is 1.21. The Kier molecular flexibility index (Phi) is 5.14. The van der Waals surface area contributed by atoms with Crippen molar-refractivity contribution in [2.24, 2.45) is 11.3 Å². The fourth-order valence-electron chi connectivity index (χ4n) is 4.46. The van der Waals surface area contributed by atoms with Crippen LogP contribution in [0.5, 0.6) is 0 Å². The Labute approximate surface area is 159 Å². The van der Waals surface area contributed by atoms with Gasteiger partial charge in [-0.15, -0.1) is 0 Å². The van der Waals surface area contributed by atoms with E-state index >= 15 is 0 Å². The first-order chi connectivity index (χ1) is 13.1. The molecule has 1 aromatic carbocycles. The van der Waals surface area contributed by atoms with E-state index in [-0.39, 0.29) is 23.1 Å². The quantitative estimate of drug-likeness (QED) is 0.834. The van der Waals surface area contributed by atoms with E-state index in [9.17, 15) is 14.0 Å². The van der Waals surface area contributed by atoms with Crippen LogP contribution in [0, 0.1) is 17.2 Å². The first-order valence-electron chi connectivity index (χ1n) is 9.83. The van der Waals surface area contributed by atoms with E-state index in [2.05, 4.69) is 15.5 Å². The van der Waals surface area contributed by atoms with Gasteiger partial charge in [-0.25, -0.2) is 4.39 Å². The minimum Gasteiger partial charge on any atom is -0.340 e. The largest absolute Gasteiger partial charge is 0.340 e. The Hall–Kier alpha value is -1.99. The van der Waals surface area contributed by atoms with E-state index in [1.54, 1.807) is 12.1 Å². The van der Waals surface area contributed by atoms with Crippen molar-refractivity contribution in [1.82, 2.24) is 15.1 Å². The van der Waals surface area contributed by atoms with Gasteiger partial charge in [0.1, 0.15) is 5.82 Å². The van der Waals surface area contributed by atoms with Gasteiger partial charge < -0.3 is 15.5 Å². The third-order valence-electron chi connectivity index (χ3n) is 6.27. The number of piperidine rings is 1. The number of hydrogen-bond donors (Lipinski definition) is 2. The van der Waals surface area contributed by atoms with Crippen molar-refractivity contribution in [3.05, 3.63) is 30.1 Å². The second-order valence-corrected chi connectivity index (χ2v) is 8.03. The van der Waals surface area contributed by atoms with Crippen LogP contribution in [0.2, 0.25) is 0 Å². The summed E-state index contributed by atoms with van der Waals surface area (Å²) in [5.41, 5.74) is 0.866. The number of anilines is 1. The molecule has 3 fully saturated rings. The van der Waals surface area contributed by atoms with Gasteiger partial charge in [0.2, 0.25) is 11.8 Å². The fourth-order valence-corrected chi connectivity index (χ4v) is 4.46. The molecule has 0 aromatic heterocycles. The molecular weight excluding hydrogens is 347 g/mol. The maximum atomic E-state index is 12.9. The van der Waals surface area contributed by atoms with Gasteiger partial charge in [-0.3, -0.25) is 14.5 Å². The van der Waals surface area contributed by atoms with Crippen LogP contribution >= 0.6 is 0 Å². The maximum absolute atomic E-state index is 12.9. The number of nitrogens with zero attached hydrogens (tertiary/aromatic N) is 2. The molecule has 1 aliphatic carbocycles. The zero-order chi connectivity index (χ0) is 18.9. The number of piperazine rings is 1. The summed E-state index contributed by atoms with van der Waals surface area (Å²) < 4.78 is 12.9. The average molecular weight is 374 g/mol. The average Bonchev–Trinajstić information content (AvgIpc) is 3.37. The zero-order valence-electron chi connectivity index (χ0n) is 15.5. The molecule has 2 heterocycles. The van der Waals surface area contributed by atoms with Crippen molar-refractivity contribution in [2.75, 3.05) is 51.1 Å². The molecule has 3 aliphatic rings. The lowest BCUT2D eigenvalue weighted by atomic mass is 9.91. The highest BCUT2D eigenvalue weighted by atomic mass is 19.1. The number of benzene rings is 1. The Morgan fingerprint density at radius 3 is 2.44 bits per heavy atom. The van der Waals surface area contributed by atoms with E-state index in [1.165, 1.54) is 12.1 Å². The molecular formula is C20H27FN4O2. The third-order valence-corrected chi connectivity index (χ3v) is 6.27. The summed E-state index contributed by atoms with van der Waals surface area (Å²) in [5, 5.41) is 6.16. The van der Waals surface area contributed by atoms with Crippen molar-refractivity contribution in [3.8, 4) is 0 Å². The van der Waals surface area contributed by atoms with Crippen LogP contribution in [0.15, 0.2) is 24.3 Å². The molecule has 27 heavy (non-hydrogen) atoms. The van der Waals surface area contributed by atoms with Crippen molar-refractivity contribution < 1.29 is 14.0 Å². The number of nitrogens with one attached hydrogen (secondary N) is 2. The smallest absolute Gasteiger partial charge is 0.238 e. The summed E-state index contributed by atoms with van der Waals surface area (Å²) in [5.74, 6) is 0.0909. The zero-order valence-corrected chi connectivity index (χ0v) is 15.5. The molecule has 2 saturated heterocycles. The first kappa shape index (κ1) is 18.4. The van der Waals surface area contributed by atoms with Gasteiger partial charge in [-0.1, -0.05) is 0 Å². The van der Waals surface area contributed by atoms with Gasteiger partial charge in [-0.05, 0) is 62.0 Å². The normalized spacial score (nSPS) is 24.6. The second kappa shape index (κ2) is 7.56. The minimum absolute atomic E-state index is 0.114. The number of amides is 2. The fraction of sp³-hybridized carbons (Fsp3) is 0.600. The first-order valence-corrected chi connectivity index (χ1v) is 9.83. The number of rotatable bonds is 4. The van der Waals surface area contributed by atoms with Gasteiger partial charge in [-0.2, -0.15) is 0 Å². The monoisotopic (exact) mass is 374 g/mol. The van der Waals surface area contributed by atoms with Crippen molar-refractivity contribution in [2.45, 2.75) is 19.3 Å². The van der Waals surface area contributed by atoms with Crippen LogP contribution in [-0.2, 0) is 9.59 Å². The van der Waals surface area contributed by atoms with Gasteiger partial charge in [0, 0.05) is 37.8 Å². The molecule has 1 unspecified atom stereocenters. The van der Waals surface area contributed by atoms with Gasteiger partial charge in [0.15, 0.2) is 0 Å². The summed E-state index contributed by atoms with van der Waals surface area (Å²) in [6, 6.07) is 5.76. The number of carbonyl (C=O) groups is 2. The van der Waals surface area contributed by atoms with Gasteiger partial charge in [0.25, 0.3) is 0 Å². The molecule has 2 aliphatic heterocycles. The van der Waals surface area contributed by atoms with E-state index in [1.807, 2.05) is 4.90 Å². The third kappa shape index (κ3) is 4.14. The van der Waals surface area contributed by atoms with Crippen LogP contribution in [0.1, 0.15) is 19.3 Å². The maximum Gasteiger partial charge on any atom is 0.238 e. The van der Waals surface area contributed by atoms with Crippen molar-refractivity contribution >= 4 is 17.5 Å². The molecule has 1 spiro atoms. The summed E-state index contributed by atoms with van der Waals surface area (Å²) in [4.78, 5) is 29.0. The van der Waals surface area contributed by atoms with Gasteiger partial charge >= 0.3 is 0 Å². The van der Waals surface area contributed by atoms with Crippen LogP contribution in [-0.4, -0.2) is 67.4 Å². The molecule has 2 N–H and O–H groups in total. The number of halogens is 1. The molecule has 146 valence electrons. The lowest BCUT2D eigenvalue weighted by Gasteiger charge is -2.35. The van der Waals surface area contributed by atoms with Crippen LogP contribution in [0.3, 0.4) is 0 Å². The Morgan fingerprint density at radius 1 is 1.11 bits per heavy atom. The molecule has 4 rings (SSSR count). The van der Waals surface area contributed by atoms with E-state index in [0.717, 1.165) is 32.4 Å². The second-order valence-electron chi connectivity index (χ2n) is 8.03. The van der Waals surface area contributed by atoms with Crippen molar-refractivity contribution in [1.29, 1.82) is 0 Å². The van der Waals surface area contributed by atoms with Crippen LogP contribution in [0.25, 0.3) is 0 Å². The molecule has 0 bridgehead atoms. The molecule has 0 radical (unpaired) electrons. The van der Waals surface area contributed by atoms with Crippen LogP contribution in [0.4, 0.5) is 10.1 Å².